The number of carbonyl (C=O) groups is 1. The third-order valence-corrected chi connectivity index (χ3v) is 4.26. The van der Waals surface area contributed by atoms with E-state index in [0.29, 0.717) is 22.3 Å². The SMILES string of the molecule is COc1ccc(NC(=O)CSc2nc3ccccc3[nH]2)c(OC)c1. The van der Waals surface area contributed by atoms with E-state index in [1.54, 1.807) is 32.4 Å². The lowest BCUT2D eigenvalue weighted by molar-refractivity contribution is -0.113. The molecule has 0 aliphatic carbocycles. The number of hydrogen-bond donors (Lipinski definition) is 2. The highest BCUT2D eigenvalue weighted by molar-refractivity contribution is 7.99. The predicted octanol–water partition coefficient (Wildman–Crippen LogP) is 3.31. The van der Waals surface area contributed by atoms with E-state index in [9.17, 15) is 4.79 Å². The normalized spacial score (nSPS) is 10.6. The fourth-order valence-electron chi connectivity index (χ4n) is 2.22. The molecule has 124 valence electrons. The summed E-state index contributed by atoms with van der Waals surface area (Å²) >= 11 is 1.35. The molecule has 1 heterocycles. The smallest absolute Gasteiger partial charge is 0.234 e. The number of carbonyl (C=O) groups excluding carboxylic acids is 1. The van der Waals surface area contributed by atoms with Crippen LogP contribution in [-0.4, -0.2) is 35.8 Å². The number of hydrogen-bond acceptors (Lipinski definition) is 5. The first kappa shape index (κ1) is 16.2. The molecule has 0 fully saturated rings. The number of aromatic amines is 1. The molecule has 0 radical (unpaired) electrons. The van der Waals surface area contributed by atoms with Gasteiger partial charge in [0.15, 0.2) is 5.16 Å². The third kappa shape index (κ3) is 3.62. The fraction of sp³-hybridized carbons (Fsp3) is 0.176. The molecule has 6 nitrogen and oxygen atoms in total. The third-order valence-electron chi connectivity index (χ3n) is 3.39. The minimum absolute atomic E-state index is 0.135. The van der Waals surface area contributed by atoms with Crippen molar-refractivity contribution in [2.45, 2.75) is 5.16 Å². The average molecular weight is 343 g/mol. The number of amides is 1. The summed E-state index contributed by atoms with van der Waals surface area (Å²) in [7, 11) is 3.13. The fourth-order valence-corrected chi connectivity index (χ4v) is 2.90. The molecule has 0 saturated carbocycles. The Balaban J connectivity index is 1.63. The number of para-hydroxylation sites is 2. The van der Waals surface area contributed by atoms with E-state index in [1.807, 2.05) is 24.3 Å². The van der Waals surface area contributed by atoms with Gasteiger partial charge in [-0.3, -0.25) is 4.79 Å². The first-order chi connectivity index (χ1) is 11.7. The quantitative estimate of drug-likeness (QED) is 0.672. The topological polar surface area (TPSA) is 76.2 Å². The summed E-state index contributed by atoms with van der Waals surface area (Å²) in [4.78, 5) is 19.8. The molecule has 0 bridgehead atoms. The molecule has 7 heteroatoms. The summed E-state index contributed by atoms with van der Waals surface area (Å²) in [5.74, 6) is 1.33. The zero-order valence-electron chi connectivity index (χ0n) is 13.3. The van der Waals surface area contributed by atoms with Gasteiger partial charge in [-0.05, 0) is 24.3 Å². The Morgan fingerprint density at radius 2 is 2.04 bits per heavy atom. The first-order valence-corrected chi connectivity index (χ1v) is 8.27. The molecule has 0 unspecified atom stereocenters. The van der Waals surface area contributed by atoms with Gasteiger partial charge in [-0.15, -0.1) is 0 Å². The zero-order chi connectivity index (χ0) is 16.9. The van der Waals surface area contributed by atoms with Crippen molar-refractivity contribution in [2.75, 3.05) is 25.3 Å². The van der Waals surface area contributed by atoms with Crippen LogP contribution in [0.1, 0.15) is 0 Å². The summed E-state index contributed by atoms with van der Waals surface area (Å²) in [5.41, 5.74) is 2.45. The number of aromatic nitrogens is 2. The molecule has 24 heavy (non-hydrogen) atoms. The largest absolute Gasteiger partial charge is 0.497 e. The highest BCUT2D eigenvalue weighted by atomic mass is 32.2. The van der Waals surface area contributed by atoms with Gasteiger partial charge >= 0.3 is 0 Å². The van der Waals surface area contributed by atoms with E-state index in [0.717, 1.165) is 11.0 Å². The molecule has 0 aliphatic rings. The number of rotatable bonds is 6. The number of benzene rings is 2. The molecule has 0 aliphatic heterocycles. The molecule has 3 rings (SSSR count). The van der Waals surface area contributed by atoms with Crippen molar-refractivity contribution in [2.24, 2.45) is 0 Å². The van der Waals surface area contributed by atoms with Crippen LogP contribution in [0.5, 0.6) is 11.5 Å². The van der Waals surface area contributed by atoms with Gasteiger partial charge in [0, 0.05) is 6.07 Å². The maximum Gasteiger partial charge on any atom is 0.234 e. The van der Waals surface area contributed by atoms with Crippen molar-refractivity contribution in [1.29, 1.82) is 0 Å². The van der Waals surface area contributed by atoms with Crippen molar-refractivity contribution in [1.82, 2.24) is 9.97 Å². The van der Waals surface area contributed by atoms with Gasteiger partial charge in [-0.1, -0.05) is 23.9 Å². The molecule has 3 aromatic rings. The number of imidazole rings is 1. The Kier molecular flexibility index (Phi) is 4.90. The van der Waals surface area contributed by atoms with Crippen molar-refractivity contribution in [3.05, 3.63) is 42.5 Å². The van der Waals surface area contributed by atoms with E-state index in [-0.39, 0.29) is 11.7 Å². The second kappa shape index (κ2) is 7.27. The van der Waals surface area contributed by atoms with Crippen molar-refractivity contribution < 1.29 is 14.3 Å². The summed E-state index contributed by atoms with van der Waals surface area (Å²) in [5, 5.41) is 3.55. The number of methoxy groups -OCH3 is 2. The highest BCUT2D eigenvalue weighted by Crippen LogP contribution is 2.29. The van der Waals surface area contributed by atoms with Crippen LogP contribution in [-0.2, 0) is 4.79 Å². The average Bonchev–Trinajstić information content (AvgIpc) is 3.03. The molecule has 2 aromatic carbocycles. The van der Waals surface area contributed by atoms with Gasteiger partial charge in [0.2, 0.25) is 5.91 Å². The Bertz CT molecular complexity index is 830. The first-order valence-electron chi connectivity index (χ1n) is 7.29. The van der Waals surface area contributed by atoms with Crippen LogP contribution >= 0.6 is 11.8 Å². The number of anilines is 1. The van der Waals surface area contributed by atoms with E-state index >= 15 is 0 Å². The Morgan fingerprint density at radius 1 is 1.21 bits per heavy atom. The molecule has 0 atom stereocenters. The number of nitrogens with zero attached hydrogens (tertiary/aromatic N) is 1. The van der Waals surface area contributed by atoms with Crippen LogP contribution in [0, 0.1) is 0 Å². The van der Waals surface area contributed by atoms with Gasteiger partial charge in [0.05, 0.1) is 36.7 Å². The maximum atomic E-state index is 12.2. The van der Waals surface area contributed by atoms with Gasteiger partial charge in [-0.2, -0.15) is 0 Å². The van der Waals surface area contributed by atoms with Crippen LogP contribution in [0.25, 0.3) is 11.0 Å². The minimum atomic E-state index is -0.135. The lowest BCUT2D eigenvalue weighted by Gasteiger charge is -2.11. The van der Waals surface area contributed by atoms with E-state index in [4.69, 9.17) is 9.47 Å². The van der Waals surface area contributed by atoms with Gasteiger partial charge in [0.1, 0.15) is 11.5 Å². The minimum Gasteiger partial charge on any atom is -0.497 e. The summed E-state index contributed by atoms with van der Waals surface area (Å²) in [6, 6.07) is 13.0. The molecule has 0 saturated heterocycles. The second-order valence-electron chi connectivity index (χ2n) is 4.96. The lowest BCUT2D eigenvalue weighted by atomic mass is 10.2. The molecule has 0 spiro atoms. The van der Waals surface area contributed by atoms with Gasteiger partial charge in [0.25, 0.3) is 0 Å². The van der Waals surface area contributed by atoms with E-state index in [1.165, 1.54) is 11.8 Å². The summed E-state index contributed by atoms with van der Waals surface area (Å²) in [6.07, 6.45) is 0. The molecule has 1 amide bonds. The molecular formula is C17H17N3O3S. The Hall–Kier alpha value is -2.67. The summed E-state index contributed by atoms with van der Waals surface area (Å²) in [6.45, 7) is 0. The Morgan fingerprint density at radius 3 is 2.79 bits per heavy atom. The van der Waals surface area contributed by atoms with Crippen LogP contribution in [0.15, 0.2) is 47.6 Å². The number of H-pyrrole nitrogens is 1. The van der Waals surface area contributed by atoms with Gasteiger partial charge < -0.3 is 19.8 Å². The Labute approximate surface area is 143 Å². The molecule has 1 aromatic heterocycles. The zero-order valence-corrected chi connectivity index (χ0v) is 14.1. The number of ether oxygens (including phenoxy) is 2. The van der Waals surface area contributed by atoms with E-state index in [2.05, 4.69) is 15.3 Å². The summed E-state index contributed by atoms with van der Waals surface area (Å²) < 4.78 is 10.4. The van der Waals surface area contributed by atoms with Crippen molar-refractivity contribution in [3.63, 3.8) is 0 Å². The van der Waals surface area contributed by atoms with Crippen LogP contribution in [0.4, 0.5) is 5.69 Å². The second-order valence-corrected chi connectivity index (χ2v) is 5.93. The number of nitrogens with one attached hydrogen (secondary N) is 2. The number of thioether (sulfide) groups is 1. The van der Waals surface area contributed by atoms with Crippen LogP contribution < -0.4 is 14.8 Å². The van der Waals surface area contributed by atoms with E-state index < -0.39 is 0 Å². The lowest BCUT2D eigenvalue weighted by Crippen LogP contribution is -2.14. The standard InChI is InChI=1S/C17H17N3O3S/c1-22-11-7-8-14(15(9-11)23-2)18-16(21)10-24-17-19-12-5-3-4-6-13(12)20-17/h3-9H,10H2,1-2H3,(H,18,21)(H,19,20). The van der Waals surface area contributed by atoms with Gasteiger partial charge in [-0.25, -0.2) is 4.98 Å². The van der Waals surface area contributed by atoms with Crippen LogP contribution in [0.3, 0.4) is 0 Å². The number of fused-ring (bicyclic) bond motifs is 1. The predicted molar refractivity (Wildman–Crippen MR) is 95.0 cm³/mol. The van der Waals surface area contributed by atoms with Crippen LogP contribution in [0.2, 0.25) is 0 Å². The molecule has 2 N–H and O–H groups in total. The highest BCUT2D eigenvalue weighted by Gasteiger charge is 2.11. The monoisotopic (exact) mass is 343 g/mol. The molecular weight excluding hydrogens is 326 g/mol. The maximum absolute atomic E-state index is 12.2. The van der Waals surface area contributed by atoms with Crippen molar-refractivity contribution in [3.8, 4) is 11.5 Å². The van der Waals surface area contributed by atoms with Crippen molar-refractivity contribution >= 4 is 34.4 Å².